The fraction of sp³-hybridized carbons (Fsp3) is 0.909. The van der Waals surface area contributed by atoms with Gasteiger partial charge in [-0.15, -0.1) is 0 Å². The summed E-state index contributed by atoms with van der Waals surface area (Å²) in [6.07, 6.45) is 3.15. The predicted molar refractivity (Wildman–Crippen MR) is 58.6 cm³/mol. The minimum absolute atomic E-state index is 0.0261. The molecule has 0 amide bonds. The van der Waals surface area contributed by atoms with Crippen LogP contribution in [-0.2, 0) is 14.3 Å². The van der Waals surface area contributed by atoms with E-state index in [1.165, 1.54) is 0 Å². The van der Waals surface area contributed by atoms with E-state index in [1.54, 1.807) is 0 Å². The molecule has 2 heterocycles. The quantitative estimate of drug-likeness (QED) is 0.484. The Bertz CT molecular complexity index is 260. The van der Waals surface area contributed by atoms with E-state index in [0.29, 0.717) is 13.2 Å². The lowest BCUT2D eigenvalue weighted by Gasteiger charge is -2.20. The molecule has 2 rings (SSSR count). The van der Waals surface area contributed by atoms with Crippen molar-refractivity contribution in [3.8, 4) is 0 Å². The van der Waals surface area contributed by atoms with Gasteiger partial charge in [-0.25, -0.2) is 0 Å². The summed E-state index contributed by atoms with van der Waals surface area (Å²) in [5, 5.41) is 0. The summed E-state index contributed by atoms with van der Waals surface area (Å²) in [5.74, 6) is 0.0828. The lowest BCUT2D eigenvalue weighted by atomic mass is 9.89. The minimum Gasteiger partial charge on any atom is -0.350 e. The van der Waals surface area contributed by atoms with Crippen molar-refractivity contribution in [1.82, 2.24) is 0 Å². The Balaban J connectivity index is 1.77. The van der Waals surface area contributed by atoms with Crippen LogP contribution in [0, 0.1) is 5.92 Å². The third-order valence-electron chi connectivity index (χ3n) is 3.29. The molecule has 92 valence electrons. The maximum Gasteiger partial charge on any atom is 0.185 e. The molecule has 0 aromatic rings. The first-order valence-corrected chi connectivity index (χ1v) is 6.00. The Kier molecular flexibility index (Phi) is 3.91. The number of fused-ring (bicyclic) bond motifs is 1. The Labute approximate surface area is 95.4 Å². The number of ketones is 1. The molecule has 0 spiro atoms. The summed E-state index contributed by atoms with van der Waals surface area (Å²) in [7, 11) is 0. The van der Waals surface area contributed by atoms with Crippen molar-refractivity contribution in [3.05, 3.63) is 0 Å². The molecule has 2 saturated heterocycles. The molecule has 0 aromatic heterocycles. The van der Waals surface area contributed by atoms with Crippen LogP contribution >= 0.6 is 0 Å². The molecule has 0 aromatic carbocycles. The van der Waals surface area contributed by atoms with Gasteiger partial charge in [0.25, 0.3) is 0 Å². The smallest absolute Gasteiger partial charge is 0.185 e. The largest absolute Gasteiger partial charge is 0.350 e. The Hall–Kier alpha value is -0.490. The second-order valence-corrected chi connectivity index (χ2v) is 4.53. The summed E-state index contributed by atoms with van der Waals surface area (Å²) >= 11 is 0. The van der Waals surface area contributed by atoms with E-state index in [4.69, 9.17) is 20.9 Å². The Morgan fingerprint density at radius 3 is 3.00 bits per heavy atom. The van der Waals surface area contributed by atoms with Crippen LogP contribution in [0.5, 0.6) is 0 Å². The number of ether oxygens (including phenoxy) is 2. The molecule has 0 saturated carbocycles. The third kappa shape index (κ3) is 2.60. The molecule has 0 aliphatic carbocycles. The van der Waals surface area contributed by atoms with Gasteiger partial charge in [0.15, 0.2) is 12.1 Å². The molecule has 2 aliphatic heterocycles. The summed E-state index contributed by atoms with van der Waals surface area (Å²) < 4.78 is 10.5. The summed E-state index contributed by atoms with van der Waals surface area (Å²) in [6.45, 7) is 1.26. The monoisotopic (exact) mass is 228 g/mol. The first-order chi connectivity index (χ1) is 7.74. The lowest BCUT2D eigenvalue weighted by molar-refractivity contribution is -0.126. The Morgan fingerprint density at radius 2 is 2.25 bits per heavy atom. The average molecular weight is 228 g/mol. The number of hydrogen-bond donors (Lipinski definition) is 2. The van der Waals surface area contributed by atoms with Crippen LogP contribution in [0.3, 0.4) is 0 Å². The van der Waals surface area contributed by atoms with E-state index >= 15 is 0 Å². The number of carbonyl (C=O) groups is 1. The van der Waals surface area contributed by atoms with Crippen LogP contribution in [0.1, 0.15) is 25.7 Å². The van der Waals surface area contributed by atoms with Crippen LogP contribution in [-0.4, -0.2) is 37.4 Å². The number of nitrogens with two attached hydrogens (primary N) is 2. The number of rotatable bonds is 6. The zero-order chi connectivity index (χ0) is 11.5. The number of Topliss-reactive ketones (excluding diaryl/α,β-unsaturated/α-hetero) is 1. The van der Waals surface area contributed by atoms with E-state index in [9.17, 15) is 4.79 Å². The van der Waals surface area contributed by atoms with Crippen LogP contribution in [0.15, 0.2) is 0 Å². The molecule has 0 radical (unpaired) electrons. The molecular weight excluding hydrogens is 208 g/mol. The van der Waals surface area contributed by atoms with Crippen LogP contribution < -0.4 is 11.5 Å². The van der Waals surface area contributed by atoms with Crippen molar-refractivity contribution in [2.24, 2.45) is 17.4 Å². The Morgan fingerprint density at radius 1 is 1.44 bits per heavy atom. The van der Waals surface area contributed by atoms with Gasteiger partial charge in [0.05, 0.1) is 18.6 Å². The first-order valence-electron chi connectivity index (χ1n) is 6.00. The van der Waals surface area contributed by atoms with Crippen molar-refractivity contribution < 1.29 is 14.3 Å². The molecule has 4 atom stereocenters. The molecule has 2 fully saturated rings. The fourth-order valence-corrected chi connectivity index (χ4v) is 2.23. The lowest BCUT2D eigenvalue weighted by Crippen LogP contribution is -2.40. The standard InChI is InChI=1S/C11H20N2O3/c12-5-2-1-3-8(13)9(14)7-4-6-15-11-10(7)16-11/h7-8,10-11H,1-6,12-13H2/t7?,8-,10?,11?/m0/s1. The van der Waals surface area contributed by atoms with E-state index in [-0.39, 0.29) is 30.1 Å². The molecule has 16 heavy (non-hydrogen) atoms. The number of unbranched alkanes of at least 4 members (excludes halogenated alkanes) is 1. The van der Waals surface area contributed by atoms with Gasteiger partial charge in [0.1, 0.15) is 6.10 Å². The third-order valence-corrected chi connectivity index (χ3v) is 3.29. The predicted octanol–water partition coefficient (Wildman–Crippen LogP) is -0.227. The highest BCUT2D eigenvalue weighted by Gasteiger charge is 2.52. The average Bonchev–Trinajstić information content (AvgIpc) is 3.06. The van der Waals surface area contributed by atoms with Gasteiger partial charge in [-0.2, -0.15) is 0 Å². The maximum absolute atomic E-state index is 12.0. The van der Waals surface area contributed by atoms with Crippen molar-refractivity contribution >= 4 is 5.78 Å². The summed E-state index contributed by atoms with van der Waals surface area (Å²) in [4.78, 5) is 12.0. The number of hydrogen-bond acceptors (Lipinski definition) is 5. The second-order valence-electron chi connectivity index (χ2n) is 4.53. The highest BCUT2D eigenvalue weighted by Crippen LogP contribution is 2.37. The molecule has 2 aliphatic rings. The van der Waals surface area contributed by atoms with Gasteiger partial charge in [-0.3, -0.25) is 4.79 Å². The number of epoxide rings is 1. The molecule has 5 heteroatoms. The van der Waals surface area contributed by atoms with Crippen molar-refractivity contribution in [1.29, 1.82) is 0 Å². The van der Waals surface area contributed by atoms with Gasteiger partial charge in [-0.05, 0) is 25.8 Å². The topological polar surface area (TPSA) is 90.9 Å². The van der Waals surface area contributed by atoms with Gasteiger partial charge in [-0.1, -0.05) is 6.42 Å². The van der Waals surface area contributed by atoms with Gasteiger partial charge in [0, 0.05) is 0 Å². The zero-order valence-corrected chi connectivity index (χ0v) is 9.43. The van der Waals surface area contributed by atoms with E-state index < -0.39 is 0 Å². The first kappa shape index (κ1) is 12.0. The fourth-order valence-electron chi connectivity index (χ4n) is 2.23. The van der Waals surface area contributed by atoms with Gasteiger partial charge in [0.2, 0.25) is 0 Å². The van der Waals surface area contributed by atoms with Crippen LogP contribution in [0.25, 0.3) is 0 Å². The highest BCUT2D eigenvalue weighted by atomic mass is 16.8. The highest BCUT2D eigenvalue weighted by molar-refractivity contribution is 5.87. The summed E-state index contributed by atoms with van der Waals surface area (Å²) in [6, 6.07) is -0.362. The zero-order valence-electron chi connectivity index (χ0n) is 9.43. The molecule has 5 nitrogen and oxygen atoms in total. The molecule has 0 bridgehead atoms. The number of carbonyl (C=O) groups excluding carboxylic acids is 1. The van der Waals surface area contributed by atoms with Crippen molar-refractivity contribution in [2.75, 3.05) is 13.2 Å². The molecule has 4 N–H and O–H groups in total. The van der Waals surface area contributed by atoms with Crippen LogP contribution in [0.4, 0.5) is 0 Å². The van der Waals surface area contributed by atoms with E-state index in [2.05, 4.69) is 0 Å². The van der Waals surface area contributed by atoms with Crippen molar-refractivity contribution in [2.45, 2.75) is 44.1 Å². The van der Waals surface area contributed by atoms with Crippen molar-refractivity contribution in [3.63, 3.8) is 0 Å². The molecule has 3 unspecified atom stereocenters. The van der Waals surface area contributed by atoms with E-state index in [0.717, 1.165) is 25.7 Å². The minimum atomic E-state index is -0.362. The molecular formula is C11H20N2O3. The van der Waals surface area contributed by atoms with E-state index in [1.807, 2.05) is 0 Å². The second kappa shape index (κ2) is 5.23. The summed E-state index contributed by atoms with van der Waals surface area (Å²) in [5.41, 5.74) is 11.3. The maximum atomic E-state index is 12.0. The van der Waals surface area contributed by atoms with Gasteiger partial charge >= 0.3 is 0 Å². The van der Waals surface area contributed by atoms with Crippen LogP contribution in [0.2, 0.25) is 0 Å². The van der Waals surface area contributed by atoms with Gasteiger partial charge < -0.3 is 20.9 Å². The SMILES string of the molecule is NCCCC[C@H](N)C(=O)C1CCOC2OC21. The normalized spacial score (nSPS) is 34.2.